The zero-order valence-corrected chi connectivity index (χ0v) is 13.2. The molecular weight excluding hydrogens is 374 g/mol. The second-order valence-electron chi connectivity index (χ2n) is 4.26. The number of aryl methyl sites for hydroxylation is 2. The van der Waals surface area contributed by atoms with Crippen molar-refractivity contribution in [2.75, 3.05) is 11.1 Å². The molecule has 5 nitrogen and oxygen atoms in total. The molecule has 0 unspecified atom stereocenters. The van der Waals surface area contributed by atoms with E-state index in [1.54, 1.807) is 7.05 Å². The van der Waals surface area contributed by atoms with Crippen LogP contribution in [0, 0.1) is 9.39 Å². The van der Waals surface area contributed by atoms with Gasteiger partial charge in [0.05, 0.1) is 17.1 Å². The molecule has 2 rings (SSSR count). The molecule has 1 amide bonds. The number of hydrogen-bond acceptors (Lipinski definition) is 3. The smallest absolute Gasteiger partial charge is 0.276 e. The first kappa shape index (κ1) is 14.8. The van der Waals surface area contributed by atoms with E-state index in [0.717, 1.165) is 0 Å². The van der Waals surface area contributed by atoms with Crippen molar-refractivity contribution in [3.63, 3.8) is 0 Å². The fraction of sp³-hybridized carbons (Fsp3) is 0.231. The third-order valence-corrected chi connectivity index (χ3v) is 3.78. The molecule has 1 heterocycles. The number of rotatable bonds is 3. The average molecular weight is 388 g/mol. The lowest BCUT2D eigenvalue weighted by atomic mass is 10.2. The van der Waals surface area contributed by atoms with Crippen molar-refractivity contribution < 1.29 is 9.18 Å². The number of nitrogens with two attached hydrogens (primary N) is 1. The van der Waals surface area contributed by atoms with Gasteiger partial charge in [0.15, 0.2) is 0 Å². The van der Waals surface area contributed by atoms with E-state index < -0.39 is 0 Å². The number of aromatic nitrogens is 2. The molecule has 1 aromatic carbocycles. The minimum absolute atomic E-state index is 0.307. The number of hydrogen-bond donors (Lipinski definition) is 2. The maximum Gasteiger partial charge on any atom is 0.276 e. The molecule has 0 bridgehead atoms. The molecule has 3 N–H and O–H groups in total. The summed E-state index contributed by atoms with van der Waals surface area (Å²) in [6, 6.07) is 4.16. The predicted molar refractivity (Wildman–Crippen MR) is 84.1 cm³/mol. The first-order valence-electron chi connectivity index (χ1n) is 6.01. The van der Waals surface area contributed by atoms with Gasteiger partial charge in [-0.3, -0.25) is 9.48 Å². The van der Waals surface area contributed by atoms with Crippen LogP contribution in [0.1, 0.15) is 23.1 Å². The highest BCUT2D eigenvalue weighted by Gasteiger charge is 2.19. The van der Waals surface area contributed by atoms with E-state index in [1.165, 1.54) is 22.9 Å². The van der Waals surface area contributed by atoms with Gasteiger partial charge in [-0.15, -0.1) is 0 Å². The van der Waals surface area contributed by atoms with E-state index >= 15 is 0 Å². The number of anilines is 2. The second kappa shape index (κ2) is 5.78. The van der Waals surface area contributed by atoms with Gasteiger partial charge in [-0.05, 0) is 47.2 Å². The van der Waals surface area contributed by atoms with Crippen LogP contribution >= 0.6 is 22.6 Å². The van der Waals surface area contributed by atoms with Gasteiger partial charge < -0.3 is 11.1 Å². The van der Waals surface area contributed by atoms with Gasteiger partial charge >= 0.3 is 0 Å². The molecule has 2 aromatic rings. The van der Waals surface area contributed by atoms with Crippen molar-refractivity contribution in [3.05, 3.63) is 39.0 Å². The Labute approximate surface area is 129 Å². The zero-order valence-electron chi connectivity index (χ0n) is 11.1. The maximum atomic E-state index is 13.0. The van der Waals surface area contributed by atoms with Gasteiger partial charge in [-0.1, -0.05) is 6.92 Å². The fourth-order valence-corrected chi connectivity index (χ4v) is 2.51. The Kier molecular flexibility index (Phi) is 4.26. The highest BCUT2D eigenvalue weighted by Crippen LogP contribution is 2.22. The van der Waals surface area contributed by atoms with Crippen LogP contribution in [0.4, 0.5) is 15.8 Å². The monoisotopic (exact) mass is 388 g/mol. The Hall–Kier alpha value is -1.64. The van der Waals surface area contributed by atoms with E-state index in [1.807, 2.05) is 29.5 Å². The Morgan fingerprint density at radius 3 is 2.80 bits per heavy atom. The molecule has 0 spiro atoms. The summed E-state index contributed by atoms with van der Waals surface area (Å²) in [6.45, 7) is 1.92. The molecule has 0 saturated heterocycles. The molecule has 20 heavy (non-hydrogen) atoms. The summed E-state index contributed by atoms with van der Waals surface area (Å²) in [5, 5.41) is 6.92. The SMILES string of the molecule is CCc1nn(C)c(C(=O)Nc2ccc(F)cc2I)c1N. The van der Waals surface area contributed by atoms with Gasteiger partial charge in [0, 0.05) is 10.6 Å². The van der Waals surface area contributed by atoms with Crippen LogP contribution < -0.4 is 11.1 Å². The average Bonchev–Trinajstić information content (AvgIpc) is 2.67. The van der Waals surface area contributed by atoms with Gasteiger partial charge in [0.25, 0.3) is 5.91 Å². The quantitative estimate of drug-likeness (QED) is 0.794. The summed E-state index contributed by atoms with van der Waals surface area (Å²) in [7, 11) is 1.67. The molecule has 0 aliphatic carbocycles. The third kappa shape index (κ3) is 2.77. The van der Waals surface area contributed by atoms with Crippen LogP contribution in [-0.4, -0.2) is 15.7 Å². The van der Waals surface area contributed by atoms with Crippen LogP contribution in [0.3, 0.4) is 0 Å². The minimum Gasteiger partial charge on any atom is -0.395 e. The molecule has 0 fully saturated rings. The number of nitrogen functional groups attached to an aromatic ring is 1. The van der Waals surface area contributed by atoms with E-state index in [-0.39, 0.29) is 11.7 Å². The van der Waals surface area contributed by atoms with Gasteiger partial charge in [0.2, 0.25) is 0 Å². The van der Waals surface area contributed by atoms with Gasteiger partial charge in [-0.25, -0.2) is 4.39 Å². The fourth-order valence-electron chi connectivity index (χ4n) is 1.90. The number of amides is 1. The number of nitrogens with one attached hydrogen (secondary N) is 1. The number of halogens is 2. The lowest BCUT2D eigenvalue weighted by Gasteiger charge is -2.08. The Balaban J connectivity index is 2.31. The number of carbonyl (C=O) groups is 1. The molecule has 0 saturated carbocycles. The summed E-state index contributed by atoms with van der Waals surface area (Å²) in [4.78, 5) is 12.3. The molecule has 106 valence electrons. The Bertz CT molecular complexity index is 669. The molecule has 7 heteroatoms. The molecule has 0 atom stereocenters. The predicted octanol–water partition coefficient (Wildman–Crippen LogP) is 2.56. The largest absolute Gasteiger partial charge is 0.395 e. The van der Waals surface area contributed by atoms with Gasteiger partial charge in [-0.2, -0.15) is 5.10 Å². The van der Waals surface area contributed by atoms with E-state index in [0.29, 0.717) is 32.8 Å². The van der Waals surface area contributed by atoms with Crippen LogP contribution in [0.15, 0.2) is 18.2 Å². The van der Waals surface area contributed by atoms with Gasteiger partial charge in [0.1, 0.15) is 11.5 Å². The van der Waals surface area contributed by atoms with Crippen LogP contribution in [0.5, 0.6) is 0 Å². The third-order valence-electron chi connectivity index (χ3n) is 2.89. The summed E-state index contributed by atoms with van der Waals surface area (Å²) < 4.78 is 15.1. The lowest BCUT2D eigenvalue weighted by molar-refractivity contribution is 0.101. The molecule has 0 radical (unpaired) electrons. The van der Waals surface area contributed by atoms with Crippen LogP contribution in [-0.2, 0) is 13.5 Å². The summed E-state index contributed by atoms with van der Waals surface area (Å²) >= 11 is 1.96. The van der Waals surface area contributed by atoms with Crippen LogP contribution in [0.2, 0.25) is 0 Å². The molecular formula is C13H14FIN4O. The first-order valence-corrected chi connectivity index (χ1v) is 7.09. The van der Waals surface area contributed by atoms with Crippen molar-refractivity contribution in [2.45, 2.75) is 13.3 Å². The topological polar surface area (TPSA) is 72.9 Å². The number of benzene rings is 1. The maximum absolute atomic E-state index is 13.0. The molecule has 0 aliphatic rings. The minimum atomic E-state index is -0.360. The zero-order chi connectivity index (χ0) is 14.9. The summed E-state index contributed by atoms with van der Waals surface area (Å²) in [5.41, 5.74) is 7.84. The van der Waals surface area contributed by atoms with E-state index in [9.17, 15) is 9.18 Å². The highest BCUT2D eigenvalue weighted by atomic mass is 127. The van der Waals surface area contributed by atoms with Crippen LogP contribution in [0.25, 0.3) is 0 Å². The van der Waals surface area contributed by atoms with Crippen molar-refractivity contribution in [1.82, 2.24) is 9.78 Å². The molecule has 1 aromatic heterocycles. The van der Waals surface area contributed by atoms with Crippen molar-refractivity contribution >= 4 is 39.9 Å². The summed E-state index contributed by atoms with van der Waals surface area (Å²) in [5.74, 6) is -0.706. The van der Waals surface area contributed by atoms with E-state index in [2.05, 4.69) is 10.4 Å². The first-order chi connectivity index (χ1) is 9.43. The van der Waals surface area contributed by atoms with Crippen molar-refractivity contribution in [1.29, 1.82) is 0 Å². The number of nitrogens with zero attached hydrogens (tertiary/aromatic N) is 2. The lowest BCUT2D eigenvalue weighted by Crippen LogP contribution is -2.18. The Morgan fingerprint density at radius 2 is 2.25 bits per heavy atom. The Morgan fingerprint density at radius 1 is 1.55 bits per heavy atom. The van der Waals surface area contributed by atoms with E-state index in [4.69, 9.17) is 5.73 Å². The van der Waals surface area contributed by atoms with Crippen molar-refractivity contribution in [3.8, 4) is 0 Å². The van der Waals surface area contributed by atoms with Crippen molar-refractivity contribution in [2.24, 2.45) is 7.05 Å². The second-order valence-corrected chi connectivity index (χ2v) is 5.43. The highest BCUT2D eigenvalue weighted by molar-refractivity contribution is 14.1. The summed E-state index contributed by atoms with van der Waals surface area (Å²) in [6.07, 6.45) is 0.654. The number of carbonyl (C=O) groups excluding carboxylic acids is 1. The normalized spacial score (nSPS) is 10.6. The molecule has 0 aliphatic heterocycles. The standard InChI is InChI=1S/C13H14FIN4O/c1-3-9-11(16)12(19(2)18-9)13(20)17-10-5-4-7(14)6-8(10)15/h4-6H,3,16H2,1-2H3,(H,17,20).